The van der Waals surface area contributed by atoms with Crippen LogP contribution in [0.3, 0.4) is 0 Å². The average Bonchev–Trinajstić information content (AvgIpc) is 2.49. The van der Waals surface area contributed by atoms with Crippen molar-refractivity contribution in [1.29, 1.82) is 0 Å². The van der Waals surface area contributed by atoms with Crippen molar-refractivity contribution in [3.63, 3.8) is 0 Å². The van der Waals surface area contributed by atoms with Crippen LogP contribution in [0.1, 0.15) is 23.6 Å². The van der Waals surface area contributed by atoms with Gasteiger partial charge in [-0.3, -0.25) is 0 Å². The van der Waals surface area contributed by atoms with Gasteiger partial charge in [0.15, 0.2) is 9.84 Å². The van der Waals surface area contributed by atoms with Crippen LogP contribution >= 0.6 is 0 Å². The second-order valence-electron chi connectivity index (χ2n) is 5.20. The summed E-state index contributed by atoms with van der Waals surface area (Å²) < 4.78 is 23.5. The first-order valence-corrected chi connectivity index (χ1v) is 8.70. The van der Waals surface area contributed by atoms with Gasteiger partial charge in [0.1, 0.15) is 0 Å². The van der Waals surface area contributed by atoms with Gasteiger partial charge in [-0.1, -0.05) is 25.1 Å². The molecule has 4 heteroatoms. The zero-order valence-corrected chi connectivity index (χ0v) is 13.5. The molecule has 21 heavy (non-hydrogen) atoms. The summed E-state index contributed by atoms with van der Waals surface area (Å²) in [6.07, 6.45) is 0. The van der Waals surface area contributed by atoms with Crippen molar-refractivity contribution in [3.05, 3.63) is 59.2 Å². The molecule has 2 aromatic carbocycles. The maximum atomic E-state index is 11.7. The maximum Gasteiger partial charge on any atom is 0.178 e. The lowest BCUT2D eigenvalue weighted by molar-refractivity contribution is 0.597. The molecule has 2 aromatic rings. The first-order valence-electron chi connectivity index (χ1n) is 7.05. The molecule has 0 aliphatic carbocycles. The molecule has 0 spiro atoms. The van der Waals surface area contributed by atoms with Gasteiger partial charge in [0.25, 0.3) is 0 Å². The first kappa shape index (κ1) is 15.6. The van der Waals surface area contributed by atoms with E-state index in [1.807, 2.05) is 12.1 Å². The van der Waals surface area contributed by atoms with Crippen molar-refractivity contribution in [2.24, 2.45) is 0 Å². The standard InChI is InChI=1S/C17H21NO2S/c1-4-21(19,20)17-9-7-16(8-10-17)18-12-15-6-5-13(2)14(3)11-15/h5-11,18H,4,12H2,1-3H3. The summed E-state index contributed by atoms with van der Waals surface area (Å²) in [5.74, 6) is 0.127. The minimum atomic E-state index is -3.12. The summed E-state index contributed by atoms with van der Waals surface area (Å²) >= 11 is 0. The lowest BCUT2D eigenvalue weighted by Crippen LogP contribution is -2.04. The molecule has 3 nitrogen and oxygen atoms in total. The molecule has 0 amide bonds. The van der Waals surface area contributed by atoms with Crippen molar-refractivity contribution in [2.45, 2.75) is 32.2 Å². The third-order valence-electron chi connectivity index (χ3n) is 3.66. The minimum absolute atomic E-state index is 0.127. The molecule has 0 radical (unpaired) electrons. The van der Waals surface area contributed by atoms with E-state index >= 15 is 0 Å². The maximum absolute atomic E-state index is 11.7. The van der Waals surface area contributed by atoms with Crippen LogP contribution in [-0.2, 0) is 16.4 Å². The second kappa shape index (κ2) is 6.31. The van der Waals surface area contributed by atoms with Crippen molar-refractivity contribution in [1.82, 2.24) is 0 Å². The lowest BCUT2D eigenvalue weighted by atomic mass is 10.1. The first-order chi connectivity index (χ1) is 9.92. The van der Waals surface area contributed by atoms with E-state index in [0.29, 0.717) is 4.90 Å². The summed E-state index contributed by atoms with van der Waals surface area (Å²) in [5, 5.41) is 3.31. The molecule has 0 unspecified atom stereocenters. The Morgan fingerprint density at radius 2 is 1.62 bits per heavy atom. The van der Waals surface area contributed by atoms with Crippen LogP contribution in [0.25, 0.3) is 0 Å². The SMILES string of the molecule is CCS(=O)(=O)c1ccc(NCc2ccc(C)c(C)c2)cc1. The van der Waals surface area contributed by atoms with Crippen molar-refractivity contribution in [2.75, 3.05) is 11.1 Å². The van der Waals surface area contributed by atoms with Crippen molar-refractivity contribution in [3.8, 4) is 0 Å². The molecule has 0 aromatic heterocycles. The van der Waals surface area contributed by atoms with E-state index in [1.54, 1.807) is 19.1 Å². The van der Waals surface area contributed by atoms with Gasteiger partial charge in [0.05, 0.1) is 10.6 Å². The average molecular weight is 303 g/mol. The molecular weight excluding hydrogens is 282 g/mol. The molecular formula is C17H21NO2S. The van der Waals surface area contributed by atoms with Gasteiger partial charge in [0.2, 0.25) is 0 Å². The molecule has 0 fully saturated rings. The van der Waals surface area contributed by atoms with Crippen LogP contribution in [0.15, 0.2) is 47.4 Å². The Kier molecular flexibility index (Phi) is 4.68. The molecule has 0 aliphatic heterocycles. The van der Waals surface area contributed by atoms with Gasteiger partial charge in [-0.05, 0) is 54.8 Å². The Labute approximate surface area is 126 Å². The van der Waals surface area contributed by atoms with E-state index in [4.69, 9.17) is 0 Å². The molecule has 0 saturated heterocycles. The van der Waals surface area contributed by atoms with Crippen molar-refractivity contribution < 1.29 is 8.42 Å². The molecule has 1 N–H and O–H groups in total. The van der Waals surface area contributed by atoms with Gasteiger partial charge >= 0.3 is 0 Å². The van der Waals surface area contributed by atoms with Gasteiger partial charge in [0, 0.05) is 12.2 Å². The lowest BCUT2D eigenvalue weighted by Gasteiger charge is -2.09. The Morgan fingerprint density at radius 3 is 2.19 bits per heavy atom. The molecule has 0 aliphatic rings. The van der Waals surface area contributed by atoms with Gasteiger partial charge in [-0.15, -0.1) is 0 Å². The summed E-state index contributed by atoms with van der Waals surface area (Å²) in [7, 11) is -3.12. The van der Waals surface area contributed by atoms with Crippen LogP contribution in [0.4, 0.5) is 5.69 Å². The predicted octanol–water partition coefficient (Wildman–Crippen LogP) is 3.71. The molecule has 0 bridgehead atoms. The smallest absolute Gasteiger partial charge is 0.178 e. The van der Waals surface area contributed by atoms with Crippen LogP contribution in [0.2, 0.25) is 0 Å². The fourth-order valence-corrected chi connectivity index (χ4v) is 2.95. The number of sulfone groups is 1. The van der Waals surface area contributed by atoms with Gasteiger partial charge in [-0.25, -0.2) is 8.42 Å². The van der Waals surface area contributed by atoms with Gasteiger partial charge in [-0.2, -0.15) is 0 Å². The largest absolute Gasteiger partial charge is 0.381 e. The third-order valence-corrected chi connectivity index (χ3v) is 5.41. The van der Waals surface area contributed by atoms with E-state index < -0.39 is 9.84 Å². The highest BCUT2D eigenvalue weighted by molar-refractivity contribution is 7.91. The molecule has 0 atom stereocenters. The van der Waals surface area contributed by atoms with Gasteiger partial charge < -0.3 is 5.32 Å². The predicted molar refractivity (Wildman–Crippen MR) is 87.4 cm³/mol. The van der Waals surface area contributed by atoms with E-state index in [9.17, 15) is 8.42 Å². The van der Waals surface area contributed by atoms with E-state index in [1.165, 1.54) is 16.7 Å². The normalized spacial score (nSPS) is 11.4. The van der Waals surface area contributed by atoms with Crippen LogP contribution < -0.4 is 5.32 Å². The fourth-order valence-electron chi connectivity index (χ4n) is 2.06. The Morgan fingerprint density at radius 1 is 0.952 bits per heavy atom. The van der Waals surface area contributed by atoms with Crippen LogP contribution in [-0.4, -0.2) is 14.2 Å². The number of benzene rings is 2. The second-order valence-corrected chi connectivity index (χ2v) is 7.48. The Bertz CT molecular complexity index is 719. The number of anilines is 1. The van der Waals surface area contributed by atoms with E-state index in [-0.39, 0.29) is 5.75 Å². The zero-order valence-electron chi connectivity index (χ0n) is 12.7. The van der Waals surface area contributed by atoms with E-state index in [2.05, 4.69) is 37.4 Å². The molecule has 2 rings (SSSR count). The minimum Gasteiger partial charge on any atom is -0.381 e. The summed E-state index contributed by atoms with van der Waals surface area (Å²) in [6.45, 7) is 6.57. The third kappa shape index (κ3) is 3.85. The highest BCUT2D eigenvalue weighted by Crippen LogP contribution is 2.17. The summed E-state index contributed by atoms with van der Waals surface area (Å²) in [5.41, 5.74) is 4.69. The number of rotatable bonds is 5. The molecule has 0 heterocycles. The summed E-state index contributed by atoms with van der Waals surface area (Å²) in [6, 6.07) is 13.3. The van der Waals surface area contributed by atoms with Crippen LogP contribution in [0.5, 0.6) is 0 Å². The number of aryl methyl sites for hydroxylation is 2. The zero-order chi connectivity index (χ0) is 15.5. The topological polar surface area (TPSA) is 46.2 Å². The van der Waals surface area contributed by atoms with E-state index in [0.717, 1.165) is 12.2 Å². The highest BCUT2D eigenvalue weighted by atomic mass is 32.2. The summed E-state index contributed by atoms with van der Waals surface area (Å²) in [4.78, 5) is 0.377. The van der Waals surface area contributed by atoms with Crippen LogP contribution in [0, 0.1) is 13.8 Å². The number of nitrogens with one attached hydrogen (secondary N) is 1. The number of hydrogen-bond acceptors (Lipinski definition) is 3. The Hall–Kier alpha value is -1.81. The Balaban J connectivity index is 2.05. The fraction of sp³-hybridized carbons (Fsp3) is 0.294. The number of hydrogen-bond donors (Lipinski definition) is 1. The quantitative estimate of drug-likeness (QED) is 0.916. The highest BCUT2D eigenvalue weighted by Gasteiger charge is 2.10. The van der Waals surface area contributed by atoms with Crippen molar-refractivity contribution >= 4 is 15.5 Å². The molecule has 0 saturated carbocycles. The monoisotopic (exact) mass is 303 g/mol. The molecule has 112 valence electrons.